The molecule has 0 aromatic heterocycles. The second-order valence-corrected chi connectivity index (χ2v) is 7.91. The number of nitrogens with one attached hydrogen (secondary N) is 1. The molecule has 0 radical (unpaired) electrons. The summed E-state index contributed by atoms with van der Waals surface area (Å²) in [6, 6.07) is 9.91. The van der Waals surface area contributed by atoms with Gasteiger partial charge in [0.2, 0.25) is 5.91 Å². The van der Waals surface area contributed by atoms with Crippen molar-refractivity contribution in [2.75, 3.05) is 32.7 Å². The van der Waals surface area contributed by atoms with E-state index in [1.54, 1.807) is 36.4 Å². The van der Waals surface area contributed by atoms with Crippen molar-refractivity contribution in [1.29, 1.82) is 0 Å². The van der Waals surface area contributed by atoms with Crippen molar-refractivity contribution in [3.8, 4) is 17.2 Å². The summed E-state index contributed by atoms with van der Waals surface area (Å²) in [4.78, 5) is 38.6. The summed E-state index contributed by atoms with van der Waals surface area (Å²) >= 11 is 6.82. The first-order valence-corrected chi connectivity index (χ1v) is 10.7. The van der Waals surface area contributed by atoms with Crippen LogP contribution in [0.2, 0.25) is 5.02 Å². The highest BCUT2D eigenvalue weighted by molar-refractivity contribution is 8.18. The number of hydrogen-bond acceptors (Lipinski definition) is 7. The number of halogens is 1. The average Bonchev–Trinajstić information content (AvgIpc) is 3.01. The molecular weight excluding hydrogens is 456 g/mol. The average molecular weight is 477 g/mol. The van der Waals surface area contributed by atoms with E-state index in [9.17, 15) is 14.4 Å². The number of methoxy groups -OCH3 is 2. The van der Waals surface area contributed by atoms with Crippen molar-refractivity contribution < 1.29 is 28.6 Å². The first kappa shape index (κ1) is 23.5. The highest BCUT2D eigenvalue weighted by Gasteiger charge is 2.36. The predicted octanol–water partition coefficient (Wildman–Crippen LogP) is 4.43. The van der Waals surface area contributed by atoms with Crippen LogP contribution in [0.5, 0.6) is 17.2 Å². The van der Waals surface area contributed by atoms with Crippen LogP contribution < -0.4 is 19.5 Å². The van der Waals surface area contributed by atoms with Crippen LogP contribution in [0.25, 0.3) is 6.08 Å². The highest BCUT2D eigenvalue weighted by Crippen LogP contribution is 2.34. The second-order valence-electron chi connectivity index (χ2n) is 6.51. The van der Waals surface area contributed by atoms with E-state index in [1.165, 1.54) is 20.3 Å². The third-order valence-corrected chi connectivity index (χ3v) is 5.60. The Morgan fingerprint density at radius 1 is 1.09 bits per heavy atom. The molecule has 0 aliphatic carbocycles. The van der Waals surface area contributed by atoms with Gasteiger partial charge in [-0.2, -0.15) is 0 Å². The summed E-state index contributed by atoms with van der Waals surface area (Å²) in [5.74, 6) is 0.481. The van der Waals surface area contributed by atoms with Crippen molar-refractivity contribution >= 4 is 52.2 Å². The monoisotopic (exact) mass is 476 g/mol. The van der Waals surface area contributed by atoms with Gasteiger partial charge in [-0.3, -0.25) is 19.3 Å². The second kappa shape index (κ2) is 10.4. The lowest BCUT2D eigenvalue weighted by Crippen LogP contribution is -2.36. The molecular formula is C22H21ClN2O6S. The van der Waals surface area contributed by atoms with Crippen LogP contribution in [0.1, 0.15) is 12.5 Å². The summed E-state index contributed by atoms with van der Waals surface area (Å²) in [6.45, 7) is 1.88. The summed E-state index contributed by atoms with van der Waals surface area (Å²) in [6.07, 6.45) is 1.58. The number of rotatable bonds is 8. The van der Waals surface area contributed by atoms with E-state index in [0.29, 0.717) is 40.1 Å². The Morgan fingerprint density at radius 3 is 2.47 bits per heavy atom. The molecule has 0 saturated carbocycles. The maximum absolute atomic E-state index is 12.7. The van der Waals surface area contributed by atoms with E-state index in [0.717, 1.165) is 16.7 Å². The summed E-state index contributed by atoms with van der Waals surface area (Å²) in [5.41, 5.74) is 1.09. The molecule has 8 nitrogen and oxygen atoms in total. The maximum Gasteiger partial charge on any atom is 0.294 e. The zero-order chi connectivity index (χ0) is 23.3. The van der Waals surface area contributed by atoms with E-state index in [1.807, 2.05) is 6.92 Å². The van der Waals surface area contributed by atoms with Crippen molar-refractivity contribution in [2.24, 2.45) is 0 Å². The molecule has 10 heteroatoms. The van der Waals surface area contributed by atoms with Crippen molar-refractivity contribution in [3.63, 3.8) is 0 Å². The fraction of sp³-hybridized carbons (Fsp3) is 0.227. The Bertz CT molecular complexity index is 1090. The number of carbonyl (C=O) groups is 3. The third kappa shape index (κ3) is 5.35. The van der Waals surface area contributed by atoms with Gasteiger partial charge < -0.3 is 19.5 Å². The van der Waals surface area contributed by atoms with Crippen LogP contribution in [0.4, 0.5) is 10.5 Å². The number of hydrogen-bond donors (Lipinski definition) is 1. The number of anilines is 1. The number of thioether (sulfide) groups is 1. The van der Waals surface area contributed by atoms with Crippen LogP contribution in [-0.4, -0.2) is 49.3 Å². The molecule has 0 atom stereocenters. The summed E-state index contributed by atoms with van der Waals surface area (Å²) in [5, 5.41) is 2.42. The van der Waals surface area contributed by atoms with Gasteiger partial charge in [0, 0.05) is 5.69 Å². The molecule has 3 rings (SSSR count). The smallest absolute Gasteiger partial charge is 0.294 e. The van der Waals surface area contributed by atoms with Crippen LogP contribution >= 0.6 is 23.4 Å². The van der Waals surface area contributed by atoms with Crippen molar-refractivity contribution in [2.45, 2.75) is 6.92 Å². The van der Waals surface area contributed by atoms with Gasteiger partial charge in [0.25, 0.3) is 11.1 Å². The normalized spacial score (nSPS) is 14.6. The number of nitrogens with zero attached hydrogens (tertiary/aromatic N) is 1. The van der Waals surface area contributed by atoms with Crippen LogP contribution in [0, 0.1) is 0 Å². The van der Waals surface area contributed by atoms with Gasteiger partial charge in [0.05, 0.1) is 30.8 Å². The number of ether oxygens (including phenoxy) is 3. The van der Waals surface area contributed by atoms with Gasteiger partial charge >= 0.3 is 0 Å². The number of benzene rings is 2. The molecule has 1 saturated heterocycles. The van der Waals surface area contributed by atoms with Gasteiger partial charge in [0.1, 0.15) is 12.3 Å². The SMILES string of the molecule is CCOc1cc(/C=C2/SC(=O)N(CC(=O)Nc3ccc(OC)c(Cl)c3)C2=O)ccc1OC. The molecule has 2 aromatic rings. The molecule has 1 fully saturated rings. The predicted molar refractivity (Wildman–Crippen MR) is 123 cm³/mol. The minimum atomic E-state index is -0.545. The lowest BCUT2D eigenvalue weighted by Gasteiger charge is -2.13. The topological polar surface area (TPSA) is 94.2 Å². The molecule has 1 aliphatic heterocycles. The van der Waals surface area contributed by atoms with Crippen LogP contribution in [0.3, 0.4) is 0 Å². The Hall–Kier alpha value is -3.17. The third-order valence-electron chi connectivity index (χ3n) is 4.40. The van der Waals surface area contributed by atoms with Gasteiger partial charge in [-0.15, -0.1) is 0 Å². The minimum absolute atomic E-state index is 0.211. The Kier molecular flexibility index (Phi) is 7.66. The van der Waals surface area contributed by atoms with E-state index >= 15 is 0 Å². The fourth-order valence-electron chi connectivity index (χ4n) is 2.93. The molecule has 168 valence electrons. The standard InChI is InChI=1S/C22H21ClN2O6S/c1-4-31-18-9-13(5-7-17(18)30-3)10-19-21(27)25(22(28)32-19)12-20(26)24-14-6-8-16(29-2)15(23)11-14/h5-11H,4,12H2,1-3H3,(H,24,26)/b19-10+. The molecule has 32 heavy (non-hydrogen) atoms. The zero-order valence-corrected chi connectivity index (χ0v) is 19.2. The molecule has 1 N–H and O–H groups in total. The minimum Gasteiger partial charge on any atom is -0.495 e. The molecule has 2 aromatic carbocycles. The number of carbonyl (C=O) groups excluding carboxylic acids is 3. The molecule has 1 aliphatic rings. The Labute approximate surface area is 194 Å². The van der Waals surface area contributed by atoms with Crippen LogP contribution in [0.15, 0.2) is 41.3 Å². The quantitative estimate of drug-likeness (QED) is 0.563. The first-order valence-electron chi connectivity index (χ1n) is 9.55. The highest BCUT2D eigenvalue weighted by atomic mass is 35.5. The largest absolute Gasteiger partial charge is 0.495 e. The van der Waals surface area contributed by atoms with Crippen LogP contribution in [-0.2, 0) is 9.59 Å². The summed E-state index contributed by atoms with van der Waals surface area (Å²) in [7, 11) is 3.02. The number of amides is 3. The Balaban J connectivity index is 1.71. The molecule has 3 amide bonds. The molecule has 0 unspecified atom stereocenters. The molecule has 0 bridgehead atoms. The number of imide groups is 1. The first-order chi connectivity index (χ1) is 15.4. The fourth-order valence-corrected chi connectivity index (χ4v) is 4.02. The van der Waals surface area contributed by atoms with Crippen molar-refractivity contribution in [3.05, 3.63) is 51.9 Å². The van der Waals surface area contributed by atoms with Crippen molar-refractivity contribution in [1.82, 2.24) is 4.90 Å². The Morgan fingerprint density at radius 2 is 1.81 bits per heavy atom. The molecule has 0 spiro atoms. The lowest BCUT2D eigenvalue weighted by molar-refractivity contribution is -0.127. The molecule has 1 heterocycles. The zero-order valence-electron chi connectivity index (χ0n) is 17.6. The lowest BCUT2D eigenvalue weighted by atomic mass is 10.2. The van der Waals surface area contributed by atoms with E-state index in [4.69, 9.17) is 25.8 Å². The summed E-state index contributed by atoms with van der Waals surface area (Å²) < 4.78 is 15.9. The van der Waals surface area contributed by atoms with Gasteiger partial charge in [-0.1, -0.05) is 17.7 Å². The van der Waals surface area contributed by atoms with Gasteiger partial charge in [-0.25, -0.2) is 0 Å². The van der Waals surface area contributed by atoms with Gasteiger partial charge in [0.15, 0.2) is 11.5 Å². The maximum atomic E-state index is 12.7. The van der Waals surface area contributed by atoms with E-state index in [-0.39, 0.29) is 4.91 Å². The van der Waals surface area contributed by atoms with Gasteiger partial charge in [-0.05, 0) is 60.7 Å². The van der Waals surface area contributed by atoms with E-state index < -0.39 is 23.6 Å². The van der Waals surface area contributed by atoms with E-state index in [2.05, 4.69) is 5.32 Å².